The van der Waals surface area contributed by atoms with E-state index >= 15 is 0 Å². The van der Waals surface area contributed by atoms with Crippen molar-refractivity contribution in [2.24, 2.45) is 5.92 Å². The fourth-order valence-corrected chi connectivity index (χ4v) is 1.42. The van der Waals surface area contributed by atoms with Crippen LogP contribution in [0.1, 0.15) is 30.1 Å². The zero-order valence-electron chi connectivity index (χ0n) is 10.1. The molecule has 0 aliphatic heterocycles. The van der Waals surface area contributed by atoms with Crippen molar-refractivity contribution in [1.82, 2.24) is 9.88 Å². The summed E-state index contributed by atoms with van der Waals surface area (Å²) in [6, 6.07) is 0. The first-order valence-corrected chi connectivity index (χ1v) is 5.39. The molecule has 0 aliphatic rings. The minimum absolute atomic E-state index is 0.164. The number of nitrogens with zero attached hydrogens (tertiary/aromatic N) is 2. The van der Waals surface area contributed by atoms with E-state index in [1.54, 1.807) is 20.8 Å². The number of carbonyl (C=O) groups excluding carboxylic acids is 1. The first kappa shape index (κ1) is 13.2. The second kappa shape index (κ2) is 5.47. The minimum Gasteiger partial charge on any atom is -0.481 e. The molecular formula is C11H16N2O4. The molecule has 0 aliphatic carbocycles. The number of carboxylic acids is 1. The van der Waals surface area contributed by atoms with E-state index in [1.165, 1.54) is 11.3 Å². The Labute approximate surface area is 99.2 Å². The van der Waals surface area contributed by atoms with Gasteiger partial charge in [-0.25, -0.2) is 4.98 Å². The molecule has 0 saturated heterocycles. The number of amides is 1. The quantitative estimate of drug-likeness (QED) is 0.835. The molecule has 1 rings (SSSR count). The van der Waals surface area contributed by atoms with Crippen molar-refractivity contribution < 1.29 is 19.1 Å². The molecule has 1 amide bonds. The third kappa shape index (κ3) is 3.05. The Hall–Kier alpha value is -1.85. The lowest BCUT2D eigenvalue weighted by atomic mass is 10.1. The second-order valence-corrected chi connectivity index (χ2v) is 3.84. The fourth-order valence-electron chi connectivity index (χ4n) is 1.42. The number of hydrogen-bond donors (Lipinski definition) is 1. The molecule has 0 fully saturated rings. The van der Waals surface area contributed by atoms with Gasteiger partial charge in [0.05, 0.1) is 5.92 Å². The van der Waals surface area contributed by atoms with Crippen LogP contribution in [0.5, 0.6) is 0 Å². The number of aryl methyl sites for hydroxylation is 1. The normalized spacial score (nSPS) is 12.2. The van der Waals surface area contributed by atoms with Crippen molar-refractivity contribution in [3.05, 3.63) is 17.8 Å². The number of carboxylic acid groups (broad SMARTS) is 1. The lowest BCUT2D eigenvalue weighted by Gasteiger charge is -2.21. The SMILES string of the molecule is CCN(C[C@@H](C)C(=O)O)C(=O)c1ncoc1C. The minimum atomic E-state index is -0.923. The fraction of sp³-hybridized carbons (Fsp3) is 0.545. The summed E-state index contributed by atoms with van der Waals surface area (Å²) in [5.41, 5.74) is 0.240. The molecule has 0 bridgehead atoms. The van der Waals surface area contributed by atoms with Gasteiger partial charge < -0.3 is 14.4 Å². The van der Waals surface area contributed by atoms with Crippen molar-refractivity contribution in [3.63, 3.8) is 0 Å². The topological polar surface area (TPSA) is 83.6 Å². The molecular weight excluding hydrogens is 224 g/mol. The molecule has 17 heavy (non-hydrogen) atoms. The van der Waals surface area contributed by atoms with Gasteiger partial charge in [0, 0.05) is 13.1 Å². The molecule has 1 aromatic heterocycles. The average Bonchev–Trinajstić information content (AvgIpc) is 2.70. The summed E-state index contributed by atoms with van der Waals surface area (Å²) in [6.45, 7) is 5.60. The van der Waals surface area contributed by atoms with E-state index in [1.807, 2.05) is 0 Å². The van der Waals surface area contributed by atoms with Crippen LogP contribution in [0, 0.1) is 12.8 Å². The molecule has 0 saturated carbocycles. The number of aliphatic carboxylic acids is 1. The summed E-state index contributed by atoms with van der Waals surface area (Å²) >= 11 is 0. The molecule has 94 valence electrons. The molecule has 6 heteroatoms. The Morgan fingerprint density at radius 2 is 2.24 bits per heavy atom. The molecule has 0 aromatic carbocycles. The van der Waals surface area contributed by atoms with Gasteiger partial charge in [-0.2, -0.15) is 0 Å². The van der Waals surface area contributed by atoms with E-state index in [0.717, 1.165) is 0 Å². The van der Waals surface area contributed by atoms with Gasteiger partial charge in [0.2, 0.25) is 0 Å². The van der Waals surface area contributed by atoms with Crippen molar-refractivity contribution >= 4 is 11.9 Å². The summed E-state index contributed by atoms with van der Waals surface area (Å²) < 4.78 is 4.96. The van der Waals surface area contributed by atoms with E-state index in [9.17, 15) is 9.59 Å². The molecule has 1 heterocycles. The molecule has 0 spiro atoms. The lowest BCUT2D eigenvalue weighted by Crippen LogP contribution is -2.37. The van der Waals surface area contributed by atoms with Gasteiger partial charge in [0.15, 0.2) is 12.1 Å². The first-order chi connectivity index (χ1) is 7.97. The van der Waals surface area contributed by atoms with Crippen LogP contribution in [0.4, 0.5) is 0 Å². The maximum Gasteiger partial charge on any atom is 0.308 e. The Morgan fingerprint density at radius 3 is 2.65 bits per heavy atom. The molecule has 1 N–H and O–H groups in total. The Kier molecular flexibility index (Phi) is 4.25. The molecule has 0 unspecified atom stereocenters. The van der Waals surface area contributed by atoms with E-state index in [0.29, 0.717) is 12.3 Å². The Bertz CT molecular complexity index is 413. The standard InChI is InChI=1S/C11H16N2O4/c1-4-13(5-7(2)11(15)16)10(14)9-8(3)17-6-12-9/h6-7H,4-5H2,1-3H3,(H,15,16)/t7-/m1/s1. The van der Waals surface area contributed by atoms with Crippen molar-refractivity contribution in [1.29, 1.82) is 0 Å². The molecule has 1 atom stereocenters. The van der Waals surface area contributed by atoms with Crippen LogP contribution in [0.3, 0.4) is 0 Å². The van der Waals surface area contributed by atoms with Gasteiger partial charge in [-0.3, -0.25) is 9.59 Å². The van der Waals surface area contributed by atoms with Gasteiger partial charge in [-0.05, 0) is 13.8 Å². The van der Waals surface area contributed by atoms with Crippen LogP contribution in [0.2, 0.25) is 0 Å². The van der Waals surface area contributed by atoms with Gasteiger partial charge >= 0.3 is 5.97 Å². The van der Waals surface area contributed by atoms with E-state index in [4.69, 9.17) is 9.52 Å². The van der Waals surface area contributed by atoms with Crippen LogP contribution >= 0.6 is 0 Å². The lowest BCUT2D eigenvalue weighted by molar-refractivity contribution is -0.141. The second-order valence-electron chi connectivity index (χ2n) is 3.84. The summed E-state index contributed by atoms with van der Waals surface area (Å²) in [6.07, 6.45) is 1.21. The summed E-state index contributed by atoms with van der Waals surface area (Å²) in [5.74, 6) is -1.39. The van der Waals surface area contributed by atoms with Crippen molar-refractivity contribution in [2.45, 2.75) is 20.8 Å². The van der Waals surface area contributed by atoms with Crippen LogP contribution < -0.4 is 0 Å². The number of rotatable bonds is 5. The highest BCUT2D eigenvalue weighted by Gasteiger charge is 2.23. The van der Waals surface area contributed by atoms with Gasteiger partial charge in [-0.15, -0.1) is 0 Å². The average molecular weight is 240 g/mol. The zero-order valence-corrected chi connectivity index (χ0v) is 10.1. The third-order valence-corrected chi connectivity index (χ3v) is 2.53. The third-order valence-electron chi connectivity index (χ3n) is 2.53. The van der Waals surface area contributed by atoms with Gasteiger partial charge in [0.25, 0.3) is 5.91 Å². The highest BCUT2D eigenvalue weighted by atomic mass is 16.4. The van der Waals surface area contributed by atoms with Crippen molar-refractivity contribution in [3.8, 4) is 0 Å². The van der Waals surface area contributed by atoms with E-state index in [2.05, 4.69) is 4.98 Å². The maximum atomic E-state index is 12.0. The Balaban J connectivity index is 2.78. The number of oxazole rings is 1. The Morgan fingerprint density at radius 1 is 1.59 bits per heavy atom. The van der Waals surface area contributed by atoms with Crippen LogP contribution in [0.25, 0.3) is 0 Å². The smallest absolute Gasteiger partial charge is 0.308 e. The first-order valence-electron chi connectivity index (χ1n) is 5.39. The zero-order chi connectivity index (χ0) is 13.0. The molecule has 0 radical (unpaired) electrons. The summed E-state index contributed by atoms with van der Waals surface area (Å²) in [4.78, 5) is 28.1. The van der Waals surface area contributed by atoms with Crippen molar-refractivity contribution in [2.75, 3.05) is 13.1 Å². The predicted octanol–water partition coefficient (Wildman–Crippen LogP) is 1.17. The van der Waals surface area contributed by atoms with E-state index in [-0.39, 0.29) is 18.1 Å². The predicted molar refractivity (Wildman–Crippen MR) is 59.6 cm³/mol. The van der Waals surface area contributed by atoms with Crippen LogP contribution in [0.15, 0.2) is 10.8 Å². The van der Waals surface area contributed by atoms with Gasteiger partial charge in [0.1, 0.15) is 5.76 Å². The van der Waals surface area contributed by atoms with Crippen LogP contribution in [-0.2, 0) is 4.79 Å². The largest absolute Gasteiger partial charge is 0.481 e. The van der Waals surface area contributed by atoms with Gasteiger partial charge in [-0.1, -0.05) is 6.92 Å². The molecule has 1 aromatic rings. The van der Waals surface area contributed by atoms with E-state index < -0.39 is 11.9 Å². The highest BCUT2D eigenvalue weighted by Crippen LogP contribution is 2.10. The summed E-state index contributed by atoms with van der Waals surface area (Å²) in [7, 11) is 0. The monoisotopic (exact) mass is 240 g/mol. The number of aromatic nitrogens is 1. The van der Waals surface area contributed by atoms with Crippen LogP contribution in [-0.4, -0.2) is 40.0 Å². The maximum absolute atomic E-state index is 12.0. The number of carbonyl (C=O) groups is 2. The highest BCUT2D eigenvalue weighted by molar-refractivity contribution is 5.93. The summed E-state index contributed by atoms with van der Waals surface area (Å²) in [5, 5.41) is 8.82. The number of hydrogen-bond acceptors (Lipinski definition) is 4. The molecule has 6 nitrogen and oxygen atoms in total.